The maximum atomic E-state index is 12.9. The highest BCUT2D eigenvalue weighted by atomic mass is 32.2. The maximum absolute atomic E-state index is 12.9. The Morgan fingerprint density at radius 2 is 1.91 bits per heavy atom. The van der Waals surface area contributed by atoms with Crippen molar-refractivity contribution in [2.24, 2.45) is 5.92 Å². The van der Waals surface area contributed by atoms with Gasteiger partial charge in [-0.2, -0.15) is 4.31 Å². The minimum absolute atomic E-state index is 0.0698. The first-order chi connectivity index (χ1) is 15.2. The van der Waals surface area contributed by atoms with E-state index in [-0.39, 0.29) is 29.7 Å². The van der Waals surface area contributed by atoms with Gasteiger partial charge in [0, 0.05) is 31.7 Å². The Balaban J connectivity index is 1.77. The van der Waals surface area contributed by atoms with Gasteiger partial charge in [-0.25, -0.2) is 8.42 Å². The predicted molar refractivity (Wildman–Crippen MR) is 123 cm³/mol. The number of aryl methyl sites for hydroxylation is 1. The average Bonchev–Trinajstić information content (AvgIpc) is 3.16. The molecular weight excluding hydrogens is 430 g/mol. The van der Waals surface area contributed by atoms with Crippen molar-refractivity contribution in [3.8, 4) is 5.75 Å². The second kappa shape index (κ2) is 9.70. The van der Waals surface area contributed by atoms with Crippen molar-refractivity contribution >= 4 is 33.2 Å². The molecule has 1 heterocycles. The fourth-order valence-electron chi connectivity index (χ4n) is 3.82. The van der Waals surface area contributed by atoms with Crippen molar-refractivity contribution < 1.29 is 22.7 Å². The third-order valence-corrected chi connectivity index (χ3v) is 7.61. The Morgan fingerprint density at radius 1 is 1.19 bits per heavy atom. The van der Waals surface area contributed by atoms with E-state index in [0.29, 0.717) is 30.2 Å². The number of ether oxygens (including phenoxy) is 1. The minimum Gasteiger partial charge on any atom is -0.495 e. The molecule has 1 unspecified atom stereocenters. The topological polar surface area (TPSA) is 96.0 Å². The van der Waals surface area contributed by atoms with Gasteiger partial charge in [0.1, 0.15) is 5.75 Å². The number of amides is 2. The van der Waals surface area contributed by atoms with Crippen molar-refractivity contribution in [3.63, 3.8) is 0 Å². The Labute approximate surface area is 189 Å². The van der Waals surface area contributed by atoms with Crippen LogP contribution in [0.4, 0.5) is 11.4 Å². The van der Waals surface area contributed by atoms with E-state index < -0.39 is 15.9 Å². The van der Waals surface area contributed by atoms with Crippen molar-refractivity contribution in [2.45, 2.75) is 32.1 Å². The fourth-order valence-corrected chi connectivity index (χ4v) is 5.32. The molecule has 0 aliphatic carbocycles. The summed E-state index contributed by atoms with van der Waals surface area (Å²) in [5.74, 6) is -0.480. The van der Waals surface area contributed by atoms with Crippen LogP contribution in [-0.2, 0) is 19.6 Å². The summed E-state index contributed by atoms with van der Waals surface area (Å²) < 4.78 is 32.3. The summed E-state index contributed by atoms with van der Waals surface area (Å²) in [6, 6.07) is 11.7. The minimum atomic E-state index is -3.64. The van der Waals surface area contributed by atoms with Gasteiger partial charge in [0.05, 0.1) is 23.6 Å². The van der Waals surface area contributed by atoms with Gasteiger partial charge in [-0.05, 0) is 42.8 Å². The number of rotatable bonds is 8. The van der Waals surface area contributed by atoms with Gasteiger partial charge >= 0.3 is 0 Å². The first kappa shape index (κ1) is 23.7. The van der Waals surface area contributed by atoms with Crippen molar-refractivity contribution in [1.29, 1.82) is 0 Å². The lowest BCUT2D eigenvalue weighted by molar-refractivity contribution is -0.122. The lowest BCUT2D eigenvalue weighted by Gasteiger charge is -2.20. The van der Waals surface area contributed by atoms with E-state index in [2.05, 4.69) is 5.32 Å². The summed E-state index contributed by atoms with van der Waals surface area (Å²) in [6.07, 6.45) is 0.0698. The first-order valence-electron chi connectivity index (χ1n) is 10.6. The molecule has 0 bridgehead atoms. The van der Waals surface area contributed by atoms with Gasteiger partial charge in [-0.3, -0.25) is 9.59 Å². The van der Waals surface area contributed by atoms with Gasteiger partial charge in [0.25, 0.3) is 0 Å². The number of anilines is 2. The van der Waals surface area contributed by atoms with Gasteiger partial charge in [-0.15, -0.1) is 0 Å². The molecule has 0 radical (unpaired) electrons. The first-order valence-corrected chi connectivity index (χ1v) is 12.0. The van der Waals surface area contributed by atoms with Crippen LogP contribution in [-0.4, -0.2) is 51.3 Å². The van der Waals surface area contributed by atoms with Crippen LogP contribution in [0.25, 0.3) is 0 Å². The number of hydrogen-bond acceptors (Lipinski definition) is 5. The Kier molecular flexibility index (Phi) is 7.20. The summed E-state index contributed by atoms with van der Waals surface area (Å²) in [5, 5.41) is 2.77. The molecule has 1 atom stereocenters. The third kappa shape index (κ3) is 4.78. The molecular formula is C23H29N3O5S. The molecule has 0 spiro atoms. The van der Waals surface area contributed by atoms with Gasteiger partial charge in [-0.1, -0.05) is 26.0 Å². The van der Waals surface area contributed by atoms with Crippen LogP contribution in [0.3, 0.4) is 0 Å². The van der Waals surface area contributed by atoms with Crippen molar-refractivity contribution in [2.75, 3.05) is 37.0 Å². The van der Waals surface area contributed by atoms with Crippen molar-refractivity contribution in [3.05, 3.63) is 48.0 Å². The monoisotopic (exact) mass is 459 g/mol. The lowest BCUT2D eigenvalue weighted by Crippen LogP contribution is -2.31. The largest absolute Gasteiger partial charge is 0.495 e. The number of carbonyl (C=O) groups is 2. The Bertz CT molecular complexity index is 1110. The molecule has 9 heteroatoms. The number of nitrogens with zero attached hydrogens (tertiary/aromatic N) is 2. The second-order valence-electron chi connectivity index (χ2n) is 7.69. The molecule has 32 heavy (non-hydrogen) atoms. The number of sulfonamides is 1. The molecule has 1 N–H and O–H groups in total. The highest BCUT2D eigenvalue weighted by Crippen LogP contribution is 2.34. The van der Waals surface area contributed by atoms with Crippen LogP contribution in [0.5, 0.6) is 5.75 Å². The van der Waals surface area contributed by atoms with Crippen LogP contribution in [0.15, 0.2) is 47.4 Å². The maximum Gasteiger partial charge on any atom is 0.243 e. The quantitative estimate of drug-likeness (QED) is 0.655. The number of methoxy groups -OCH3 is 1. The molecule has 8 nitrogen and oxygen atoms in total. The van der Waals surface area contributed by atoms with E-state index in [1.807, 2.05) is 19.1 Å². The highest BCUT2D eigenvalue weighted by Gasteiger charge is 2.36. The summed E-state index contributed by atoms with van der Waals surface area (Å²) in [6.45, 7) is 6.42. The van der Waals surface area contributed by atoms with E-state index in [0.717, 1.165) is 5.56 Å². The number of hydrogen-bond donors (Lipinski definition) is 1. The molecule has 1 aliphatic heterocycles. The van der Waals surface area contributed by atoms with E-state index in [4.69, 9.17) is 4.74 Å². The van der Waals surface area contributed by atoms with E-state index in [1.54, 1.807) is 36.9 Å². The second-order valence-corrected chi connectivity index (χ2v) is 9.63. The zero-order chi connectivity index (χ0) is 23.5. The third-order valence-electron chi connectivity index (χ3n) is 5.57. The molecule has 3 rings (SSSR count). The number of benzene rings is 2. The van der Waals surface area contributed by atoms with Crippen LogP contribution in [0.2, 0.25) is 0 Å². The molecule has 0 aromatic heterocycles. The summed E-state index contributed by atoms with van der Waals surface area (Å²) >= 11 is 0. The van der Waals surface area contributed by atoms with Crippen LogP contribution in [0, 0.1) is 12.8 Å². The smallest absolute Gasteiger partial charge is 0.243 e. The Morgan fingerprint density at radius 3 is 2.56 bits per heavy atom. The Hall–Kier alpha value is -2.91. The molecule has 1 aliphatic rings. The van der Waals surface area contributed by atoms with E-state index >= 15 is 0 Å². The lowest BCUT2D eigenvalue weighted by atomic mass is 10.1. The number of carbonyl (C=O) groups excluding carboxylic acids is 2. The van der Waals surface area contributed by atoms with Crippen LogP contribution >= 0.6 is 0 Å². The molecule has 1 fully saturated rings. The summed E-state index contributed by atoms with van der Waals surface area (Å²) in [5.41, 5.74) is 2.00. The average molecular weight is 460 g/mol. The van der Waals surface area contributed by atoms with Gasteiger partial charge < -0.3 is 15.0 Å². The fraction of sp³-hybridized carbons (Fsp3) is 0.391. The van der Waals surface area contributed by atoms with E-state index in [1.165, 1.54) is 23.5 Å². The van der Waals surface area contributed by atoms with E-state index in [9.17, 15) is 18.0 Å². The standard InChI is InChI=1S/C23H29N3O5S/c1-5-25(6-2)32(29,30)19-9-7-8-18(14-19)24-23(28)17-13-22(27)26(15-17)20-12-16(3)10-11-21(20)31-4/h7-12,14,17H,5-6,13,15H2,1-4H3,(H,24,28). The van der Waals surface area contributed by atoms with Gasteiger partial charge in [0.2, 0.25) is 21.8 Å². The number of nitrogens with one attached hydrogen (secondary N) is 1. The van der Waals surface area contributed by atoms with Gasteiger partial charge in [0.15, 0.2) is 0 Å². The highest BCUT2D eigenvalue weighted by molar-refractivity contribution is 7.89. The van der Waals surface area contributed by atoms with Crippen LogP contribution < -0.4 is 15.0 Å². The summed E-state index contributed by atoms with van der Waals surface area (Å²) in [7, 11) is -2.10. The molecule has 2 aromatic rings. The normalized spacial score (nSPS) is 16.5. The molecule has 0 saturated carbocycles. The predicted octanol–water partition coefficient (Wildman–Crippen LogP) is 3.03. The zero-order valence-corrected chi connectivity index (χ0v) is 19.6. The molecule has 2 aromatic carbocycles. The molecule has 172 valence electrons. The zero-order valence-electron chi connectivity index (χ0n) is 18.8. The van der Waals surface area contributed by atoms with Crippen molar-refractivity contribution in [1.82, 2.24) is 4.31 Å². The van der Waals surface area contributed by atoms with Crippen LogP contribution in [0.1, 0.15) is 25.8 Å². The SMILES string of the molecule is CCN(CC)S(=O)(=O)c1cccc(NC(=O)C2CC(=O)N(c3cc(C)ccc3OC)C2)c1. The molecule has 2 amide bonds. The summed E-state index contributed by atoms with van der Waals surface area (Å²) in [4.78, 5) is 27.2. The molecule has 1 saturated heterocycles.